The van der Waals surface area contributed by atoms with Gasteiger partial charge in [0.05, 0.1) is 10.8 Å². The van der Waals surface area contributed by atoms with Gasteiger partial charge in [0.2, 0.25) is 0 Å². The third kappa shape index (κ3) is 6.82. The number of halogens is 2. The van der Waals surface area contributed by atoms with E-state index < -0.39 is 15.2 Å². The van der Waals surface area contributed by atoms with Gasteiger partial charge in [0, 0.05) is 0 Å². The zero-order chi connectivity index (χ0) is 25.2. The Morgan fingerprint density at radius 3 is 1.20 bits per heavy atom. The van der Waals surface area contributed by atoms with Crippen LogP contribution in [0.3, 0.4) is 0 Å². The van der Waals surface area contributed by atoms with E-state index in [0.29, 0.717) is 5.78 Å². The zero-order valence-corrected chi connectivity index (χ0v) is 24.8. The Balaban J connectivity index is 1.35. The molecule has 3 heteroatoms. The SMILES string of the molecule is CCCCCCCCCC1CCC2(CC1)C(=O)C1(CCC(CCCCCCCCC)CC1)C2(Cl)Cl. The van der Waals surface area contributed by atoms with Crippen molar-refractivity contribution in [1.29, 1.82) is 0 Å². The monoisotopic (exact) mass is 526 g/mol. The fourth-order valence-electron chi connectivity index (χ4n) is 7.92. The molecule has 204 valence electrons. The summed E-state index contributed by atoms with van der Waals surface area (Å²) in [6.45, 7) is 4.56. The van der Waals surface area contributed by atoms with Gasteiger partial charge in [-0.1, -0.05) is 140 Å². The summed E-state index contributed by atoms with van der Waals surface area (Å²) in [5.74, 6) is 2.02. The second-order valence-electron chi connectivity index (χ2n) is 12.8. The first kappa shape index (κ1) is 29.8. The number of carbonyl (C=O) groups excluding carboxylic acids is 1. The highest BCUT2D eigenvalue weighted by molar-refractivity contribution is 6.55. The van der Waals surface area contributed by atoms with Crippen LogP contribution >= 0.6 is 23.2 Å². The molecule has 0 aromatic heterocycles. The third-order valence-electron chi connectivity index (χ3n) is 10.4. The van der Waals surface area contributed by atoms with Crippen molar-refractivity contribution in [2.75, 3.05) is 0 Å². The molecule has 3 aliphatic carbocycles. The maximum atomic E-state index is 13.7. The van der Waals surface area contributed by atoms with Crippen molar-refractivity contribution in [3.05, 3.63) is 0 Å². The van der Waals surface area contributed by atoms with Crippen molar-refractivity contribution in [2.24, 2.45) is 22.7 Å². The smallest absolute Gasteiger partial charge is 0.151 e. The van der Waals surface area contributed by atoms with Gasteiger partial charge >= 0.3 is 0 Å². The van der Waals surface area contributed by atoms with Gasteiger partial charge in [-0.3, -0.25) is 4.79 Å². The zero-order valence-electron chi connectivity index (χ0n) is 23.3. The minimum absolute atomic E-state index is 0.432. The maximum Gasteiger partial charge on any atom is 0.151 e. The Kier molecular flexibility index (Phi) is 12.3. The quantitative estimate of drug-likeness (QED) is 0.144. The lowest BCUT2D eigenvalue weighted by Crippen LogP contribution is -2.74. The third-order valence-corrected chi connectivity index (χ3v) is 11.9. The van der Waals surface area contributed by atoms with E-state index in [-0.39, 0.29) is 0 Å². The lowest BCUT2D eigenvalue weighted by molar-refractivity contribution is -0.172. The van der Waals surface area contributed by atoms with E-state index in [4.69, 9.17) is 23.2 Å². The number of hydrogen-bond acceptors (Lipinski definition) is 1. The number of Topliss-reactive ketones (excluding diaryl/α,β-unsaturated/α-hetero) is 1. The normalized spacial score (nSPS) is 32.3. The summed E-state index contributed by atoms with van der Waals surface area (Å²) in [6.07, 6.45) is 30.3. The molecular formula is C32H56Cl2O. The number of alkyl halides is 2. The van der Waals surface area contributed by atoms with Crippen molar-refractivity contribution >= 4 is 29.0 Å². The highest BCUT2D eigenvalue weighted by Crippen LogP contribution is 2.74. The lowest BCUT2D eigenvalue weighted by Gasteiger charge is -2.67. The van der Waals surface area contributed by atoms with Gasteiger partial charge in [-0.2, -0.15) is 0 Å². The van der Waals surface area contributed by atoms with Crippen LogP contribution in [-0.2, 0) is 4.79 Å². The van der Waals surface area contributed by atoms with E-state index in [9.17, 15) is 4.79 Å². The van der Waals surface area contributed by atoms with E-state index >= 15 is 0 Å². The van der Waals surface area contributed by atoms with Crippen LogP contribution in [-0.4, -0.2) is 10.1 Å². The maximum absolute atomic E-state index is 13.7. The van der Waals surface area contributed by atoms with Gasteiger partial charge in [-0.05, 0) is 63.2 Å². The van der Waals surface area contributed by atoms with Gasteiger partial charge in [0.15, 0.2) is 5.78 Å². The Labute approximate surface area is 228 Å². The molecule has 35 heavy (non-hydrogen) atoms. The van der Waals surface area contributed by atoms with E-state index in [0.717, 1.165) is 63.2 Å². The Morgan fingerprint density at radius 2 is 0.886 bits per heavy atom. The predicted octanol–water partition coefficient (Wildman–Crippen LogP) is 11.4. The minimum atomic E-state index is -0.828. The fraction of sp³-hybridized carbons (Fsp3) is 0.969. The lowest BCUT2D eigenvalue weighted by atomic mass is 9.42. The summed E-state index contributed by atoms with van der Waals surface area (Å²) in [5.41, 5.74) is -0.865. The molecule has 3 fully saturated rings. The molecule has 0 radical (unpaired) electrons. The van der Waals surface area contributed by atoms with E-state index in [1.807, 2.05) is 0 Å². The van der Waals surface area contributed by atoms with Crippen molar-refractivity contribution in [1.82, 2.24) is 0 Å². The van der Waals surface area contributed by atoms with Crippen LogP contribution in [0.15, 0.2) is 0 Å². The first-order valence-corrected chi connectivity index (χ1v) is 16.6. The first-order valence-electron chi connectivity index (χ1n) is 15.9. The standard InChI is InChI=1S/C32H56Cl2O/c1-3-5-7-9-11-13-15-17-27-19-23-30(24-20-27)29(35)31(32(30,33)34)25-21-28(22-26-31)18-16-14-12-10-8-6-4-2/h27-28H,3-26H2,1-2H3. The molecule has 2 spiro atoms. The van der Waals surface area contributed by atoms with Crippen LogP contribution in [0.25, 0.3) is 0 Å². The van der Waals surface area contributed by atoms with Gasteiger partial charge in [-0.25, -0.2) is 0 Å². The van der Waals surface area contributed by atoms with Crippen molar-refractivity contribution < 1.29 is 4.79 Å². The summed E-state index contributed by atoms with van der Waals surface area (Å²) >= 11 is 14.4. The van der Waals surface area contributed by atoms with Gasteiger partial charge < -0.3 is 0 Å². The molecule has 0 aliphatic heterocycles. The van der Waals surface area contributed by atoms with E-state index in [1.54, 1.807) is 0 Å². The van der Waals surface area contributed by atoms with Crippen LogP contribution in [0.1, 0.15) is 168 Å². The van der Waals surface area contributed by atoms with E-state index in [2.05, 4.69) is 13.8 Å². The Hall–Kier alpha value is 0.250. The van der Waals surface area contributed by atoms with Crippen molar-refractivity contribution in [3.63, 3.8) is 0 Å². The number of ketones is 1. The topological polar surface area (TPSA) is 17.1 Å². The number of rotatable bonds is 16. The van der Waals surface area contributed by atoms with Crippen molar-refractivity contribution in [2.45, 2.75) is 172 Å². The molecule has 0 saturated heterocycles. The van der Waals surface area contributed by atoms with Gasteiger partial charge in [0.1, 0.15) is 4.33 Å². The van der Waals surface area contributed by atoms with Crippen molar-refractivity contribution in [3.8, 4) is 0 Å². The molecule has 0 heterocycles. The van der Waals surface area contributed by atoms with Gasteiger partial charge in [-0.15, -0.1) is 0 Å². The largest absolute Gasteiger partial charge is 0.298 e. The molecule has 3 rings (SSSR count). The summed E-state index contributed by atoms with van der Waals surface area (Å²) in [7, 11) is 0. The molecule has 0 aromatic carbocycles. The molecule has 0 N–H and O–H groups in total. The summed E-state index contributed by atoms with van der Waals surface area (Å²) in [5, 5.41) is 0. The van der Waals surface area contributed by atoms with Crippen LogP contribution in [0.5, 0.6) is 0 Å². The second kappa shape index (κ2) is 14.4. The minimum Gasteiger partial charge on any atom is -0.298 e. The number of hydrogen-bond donors (Lipinski definition) is 0. The second-order valence-corrected chi connectivity index (χ2v) is 14.1. The summed E-state index contributed by atoms with van der Waals surface area (Å²) < 4.78 is -0.828. The highest BCUT2D eigenvalue weighted by Gasteiger charge is 2.78. The highest BCUT2D eigenvalue weighted by atomic mass is 35.5. The average molecular weight is 528 g/mol. The molecule has 3 saturated carbocycles. The Bertz CT molecular complexity index is 561. The predicted molar refractivity (Wildman–Crippen MR) is 153 cm³/mol. The summed E-state index contributed by atoms with van der Waals surface area (Å²) in [4.78, 5) is 13.7. The molecule has 1 nitrogen and oxygen atoms in total. The van der Waals surface area contributed by atoms with Gasteiger partial charge in [0.25, 0.3) is 0 Å². The molecule has 0 atom stereocenters. The molecule has 3 aliphatic rings. The van der Waals surface area contributed by atoms with Crippen LogP contribution in [0.4, 0.5) is 0 Å². The molecular weight excluding hydrogens is 471 g/mol. The molecule has 0 amide bonds. The fourth-order valence-corrected chi connectivity index (χ4v) is 9.02. The number of carbonyl (C=O) groups is 1. The molecule has 0 bridgehead atoms. The van der Waals surface area contributed by atoms with E-state index in [1.165, 1.54) is 103 Å². The first-order chi connectivity index (χ1) is 16.9. The summed E-state index contributed by atoms with van der Waals surface area (Å²) in [6, 6.07) is 0. The van der Waals surface area contributed by atoms with Crippen LogP contribution in [0, 0.1) is 22.7 Å². The average Bonchev–Trinajstić information content (AvgIpc) is 2.87. The molecule has 0 unspecified atom stereocenters. The van der Waals surface area contributed by atoms with Crippen LogP contribution < -0.4 is 0 Å². The number of unbranched alkanes of at least 4 members (excludes halogenated alkanes) is 12. The van der Waals surface area contributed by atoms with Crippen LogP contribution in [0.2, 0.25) is 0 Å². The molecule has 0 aromatic rings. The Morgan fingerprint density at radius 1 is 0.571 bits per heavy atom.